The van der Waals surface area contributed by atoms with Crippen molar-refractivity contribution in [3.8, 4) is 11.5 Å². The van der Waals surface area contributed by atoms with Gasteiger partial charge in [-0.05, 0) is 47.5 Å². The average Bonchev–Trinajstić information content (AvgIpc) is 2.82. The predicted molar refractivity (Wildman–Crippen MR) is 132 cm³/mol. The minimum Gasteiger partial charge on any atom is -0.497 e. The van der Waals surface area contributed by atoms with Crippen molar-refractivity contribution in [3.63, 3.8) is 0 Å². The van der Waals surface area contributed by atoms with Crippen LogP contribution >= 0.6 is 11.6 Å². The number of methoxy groups -OCH3 is 2. The quantitative estimate of drug-likeness (QED) is 0.384. The fraction of sp³-hybridized carbons (Fsp3) is 0.296. The van der Waals surface area contributed by atoms with E-state index in [9.17, 15) is 4.79 Å². The van der Waals surface area contributed by atoms with Crippen LogP contribution in [-0.4, -0.2) is 33.4 Å². The molecule has 0 spiro atoms. The smallest absolute Gasteiger partial charge is 0.303 e. The second kappa shape index (κ2) is 10.4. The van der Waals surface area contributed by atoms with Gasteiger partial charge in [0.25, 0.3) is 0 Å². The molecule has 0 saturated carbocycles. The van der Waals surface area contributed by atoms with E-state index in [0.717, 1.165) is 33.9 Å². The van der Waals surface area contributed by atoms with Crippen molar-refractivity contribution in [3.05, 3.63) is 88.4 Å². The number of carbonyl (C=O) groups excluding carboxylic acids is 1. The van der Waals surface area contributed by atoms with E-state index < -0.39 is 5.60 Å². The summed E-state index contributed by atoms with van der Waals surface area (Å²) in [5.41, 5.74) is 3.15. The SMILES string of the molecule is COc1ccc(CN(Cc2ccc(OC)cc2)c2cc(C3(OC(C)=O)COC3)ccc2Cl)cc1. The molecule has 7 heteroatoms. The summed E-state index contributed by atoms with van der Waals surface area (Å²) in [6, 6.07) is 21.7. The highest BCUT2D eigenvalue weighted by atomic mass is 35.5. The van der Waals surface area contributed by atoms with Gasteiger partial charge in [-0.3, -0.25) is 4.79 Å². The lowest BCUT2D eigenvalue weighted by Gasteiger charge is -2.41. The Balaban J connectivity index is 1.69. The van der Waals surface area contributed by atoms with Crippen LogP contribution in [0.15, 0.2) is 66.7 Å². The van der Waals surface area contributed by atoms with Crippen LogP contribution in [0, 0.1) is 0 Å². The Morgan fingerprint density at radius 1 is 0.912 bits per heavy atom. The summed E-state index contributed by atoms with van der Waals surface area (Å²) >= 11 is 6.72. The van der Waals surface area contributed by atoms with Crippen molar-refractivity contribution in [2.24, 2.45) is 0 Å². The maximum absolute atomic E-state index is 11.8. The molecule has 34 heavy (non-hydrogen) atoms. The number of halogens is 1. The van der Waals surface area contributed by atoms with Crippen LogP contribution in [0.1, 0.15) is 23.6 Å². The first-order valence-electron chi connectivity index (χ1n) is 11.0. The minimum absolute atomic E-state index is 0.324. The van der Waals surface area contributed by atoms with Crippen LogP contribution in [0.3, 0.4) is 0 Å². The zero-order valence-corrected chi connectivity index (χ0v) is 20.3. The summed E-state index contributed by atoms with van der Waals surface area (Å²) in [4.78, 5) is 14.0. The van der Waals surface area contributed by atoms with Crippen molar-refractivity contribution < 1.29 is 23.7 Å². The third-order valence-corrected chi connectivity index (χ3v) is 6.21. The van der Waals surface area contributed by atoms with Gasteiger partial charge in [-0.1, -0.05) is 41.9 Å². The summed E-state index contributed by atoms with van der Waals surface area (Å²) in [5.74, 6) is 1.27. The maximum Gasteiger partial charge on any atom is 0.303 e. The van der Waals surface area contributed by atoms with Crippen molar-refractivity contribution in [1.82, 2.24) is 0 Å². The molecule has 0 N–H and O–H groups in total. The summed E-state index contributed by atoms with van der Waals surface area (Å²) in [5, 5.41) is 0.615. The molecular weight excluding hydrogens is 454 g/mol. The van der Waals surface area contributed by atoms with Gasteiger partial charge >= 0.3 is 5.97 Å². The molecule has 3 aromatic rings. The van der Waals surface area contributed by atoms with Gasteiger partial charge in [-0.15, -0.1) is 0 Å². The second-order valence-corrected chi connectivity index (χ2v) is 8.71. The van der Waals surface area contributed by atoms with Gasteiger partial charge in [-0.25, -0.2) is 0 Å². The molecule has 0 unspecified atom stereocenters. The molecule has 1 saturated heterocycles. The molecule has 0 aromatic heterocycles. The molecule has 0 bridgehead atoms. The van der Waals surface area contributed by atoms with E-state index in [-0.39, 0.29) is 5.97 Å². The molecule has 4 rings (SSSR count). The molecular formula is C27H28ClNO5. The van der Waals surface area contributed by atoms with E-state index in [0.29, 0.717) is 31.3 Å². The lowest BCUT2D eigenvalue weighted by molar-refractivity contribution is -0.216. The molecule has 1 fully saturated rings. The van der Waals surface area contributed by atoms with Crippen molar-refractivity contribution in [2.75, 3.05) is 32.3 Å². The summed E-state index contributed by atoms with van der Waals surface area (Å²) in [6.07, 6.45) is 0. The standard InChI is InChI=1S/C27H28ClNO5/c1-19(30)34-27(17-33-18-27)22-8-13-25(28)26(14-22)29(15-20-4-9-23(31-2)10-5-20)16-21-6-11-24(32-3)12-7-21/h4-14H,15-18H2,1-3H3. The number of hydrogen-bond donors (Lipinski definition) is 0. The monoisotopic (exact) mass is 481 g/mol. The summed E-state index contributed by atoms with van der Waals surface area (Å²) < 4.78 is 21.7. The number of benzene rings is 3. The van der Waals surface area contributed by atoms with Crippen LogP contribution in [0.5, 0.6) is 11.5 Å². The topological polar surface area (TPSA) is 57.2 Å². The van der Waals surface area contributed by atoms with Gasteiger partial charge in [0.15, 0.2) is 5.60 Å². The van der Waals surface area contributed by atoms with Crippen LogP contribution in [0.2, 0.25) is 5.02 Å². The average molecular weight is 482 g/mol. The van der Waals surface area contributed by atoms with Crippen molar-refractivity contribution >= 4 is 23.3 Å². The van der Waals surface area contributed by atoms with E-state index in [4.69, 9.17) is 30.5 Å². The van der Waals surface area contributed by atoms with Crippen molar-refractivity contribution in [1.29, 1.82) is 0 Å². The highest BCUT2D eigenvalue weighted by Crippen LogP contribution is 2.39. The van der Waals surface area contributed by atoms with Crippen LogP contribution in [0.25, 0.3) is 0 Å². The molecule has 1 aliphatic rings. The van der Waals surface area contributed by atoms with Gasteiger partial charge in [0, 0.05) is 25.6 Å². The molecule has 0 aliphatic carbocycles. The van der Waals surface area contributed by atoms with Crippen LogP contribution < -0.4 is 14.4 Å². The zero-order valence-electron chi connectivity index (χ0n) is 19.5. The first-order valence-corrected chi connectivity index (χ1v) is 11.4. The third kappa shape index (κ3) is 5.29. The molecule has 0 atom stereocenters. The Hall–Kier alpha value is -3.22. The largest absolute Gasteiger partial charge is 0.497 e. The molecule has 1 heterocycles. The van der Waals surface area contributed by atoms with Gasteiger partial charge in [0.2, 0.25) is 0 Å². The molecule has 0 radical (unpaired) electrons. The Morgan fingerprint density at radius 2 is 1.44 bits per heavy atom. The molecule has 3 aromatic carbocycles. The van der Waals surface area contributed by atoms with Crippen LogP contribution in [-0.2, 0) is 33.0 Å². The Kier molecular flexibility index (Phi) is 7.29. The summed E-state index contributed by atoms with van der Waals surface area (Å²) in [7, 11) is 3.30. The number of nitrogens with zero attached hydrogens (tertiary/aromatic N) is 1. The van der Waals surface area contributed by atoms with Gasteiger partial charge < -0.3 is 23.8 Å². The lowest BCUT2D eigenvalue weighted by Crippen LogP contribution is -2.50. The number of ether oxygens (including phenoxy) is 4. The van der Waals surface area contributed by atoms with E-state index in [1.807, 2.05) is 66.7 Å². The lowest BCUT2D eigenvalue weighted by atomic mass is 9.91. The highest BCUT2D eigenvalue weighted by Gasteiger charge is 2.44. The number of hydrogen-bond acceptors (Lipinski definition) is 6. The first kappa shape index (κ1) is 23.9. The highest BCUT2D eigenvalue weighted by molar-refractivity contribution is 6.33. The van der Waals surface area contributed by atoms with Crippen LogP contribution in [0.4, 0.5) is 5.69 Å². The fourth-order valence-electron chi connectivity index (χ4n) is 4.01. The van der Waals surface area contributed by atoms with E-state index in [1.54, 1.807) is 14.2 Å². The molecule has 1 aliphatic heterocycles. The first-order chi connectivity index (χ1) is 16.4. The predicted octanol–water partition coefficient (Wildman–Crippen LogP) is 5.35. The fourth-order valence-corrected chi connectivity index (χ4v) is 4.25. The summed E-state index contributed by atoms with van der Waals surface area (Å²) in [6.45, 7) is 3.30. The molecule has 6 nitrogen and oxygen atoms in total. The Labute approximate surface area is 205 Å². The second-order valence-electron chi connectivity index (χ2n) is 8.30. The molecule has 178 valence electrons. The van der Waals surface area contributed by atoms with Gasteiger partial charge in [0.05, 0.1) is 38.1 Å². The molecule has 0 amide bonds. The number of anilines is 1. The van der Waals surface area contributed by atoms with Gasteiger partial charge in [-0.2, -0.15) is 0 Å². The number of carbonyl (C=O) groups is 1. The zero-order chi connectivity index (χ0) is 24.1. The maximum atomic E-state index is 11.8. The minimum atomic E-state index is -0.781. The Morgan fingerprint density at radius 3 is 1.85 bits per heavy atom. The van der Waals surface area contributed by atoms with Crippen molar-refractivity contribution in [2.45, 2.75) is 25.6 Å². The van der Waals surface area contributed by atoms with E-state index in [1.165, 1.54) is 6.92 Å². The van der Waals surface area contributed by atoms with E-state index in [2.05, 4.69) is 4.90 Å². The number of rotatable bonds is 9. The third-order valence-electron chi connectivity index (χ3n) is 5.89. The van der Waals surface area contributed by atoms with E-state index >= 15 is 0 Å². The Bertz CT molecular complexity index is 1080. The number of esters is 1. The normalized spacial score (nSPS) is 14.1. The van der Waals surface area contributed by atoms with Gasteiger partial charge in [0.1, 0.15) is 11.5 Å².